The van der Waals surface area contributed by atoms with Crippen molar-refractivity contribution in [1.29, 1.82) is 0 Å². The monoisotopic (exact) mass is 448 g/mol. The number of hydrogen-bond donors (Lipinski definition) is 0. The van der Waals surface area contributed by atoms with E-state index >= 15 is 0 Å². The van der Waals surface area contributed by atoms with E-state index in [1.165, 1.54) is 37.3 Å². The van der Waals surface area contributed by atoms with Crippen LogP contribution >= 0.6 is 27.5 Å². The SMILES string of the molecule is Cc1cc(Br)c(-c2ccccc2Cl)c(C(F)(C(F)(F)F)C(F)(F)F)c1. The molecule has 0 amide bonds. The average molecular weight is 450 g/mol. The van der Waals surface area contributed by atoms with Gasteiger partial charge >= 0.3 is 18.0 Å². The smallest absolute Gasteiger partial charge is 0.218 e. The fourth-order valence-electron chi connectivity index (χ4n) is 2.42. The van der Waals surface area contributed by atoms with Gasteiger partial charge in [0.1, 0.15) is 0 Å². The molecule has 0 saturated carbocycles. The van der Waals surface area contributed by atoms with Crippen molar-refractivity contribution in [2.45, 2.75) is 24.9 Å². The van der Waals surface area contributed by atoms with Crippen LogP contribution in [0.15, 0.2) is 40.9 Å². The molecule has 0 radical (unpaired) electrons. The molecule has 2 aromatic rings. The first-order valence-corrected chi connectivity index (χ1v) is 7.85. The highest BCUT2D eigenvalue weighted by atomic mass is 79.9. The van der Waals surface area contributed by atoms with Gasteiger partial charge in [0.05, 0.1) is 0 Å². The summed E-state index contributed by atoms with van der Waals surface area (Å²) in [6, 6.07) is 7.14. The summed E-state index contributed by atoms with van der Waals surface area (Å²) in [4.78, 5) is 0. The summed E-state index contributed by atoms with van der Waals surface area (Å²) in [5, 5.41) is -0.111. The van der Waals surface area contributed by atoms with Gasteiger partial charge < -0.3 is 0 Å². The molecule has 0 spiro atoms. The predicted molar refractivity (Wildman–Crippen MR) is 84.2 cm³/mol. The van der Waals surface area contributed by atoms with Crippen LogP contribution in [0, 0.1) is 6.92 Å². The molecule has 9 heteroatoms. The number of benzene rings is 2. The molecule has 25 heavy (non-hydrogen) atoms. The summed E-state index contributed by atoms with van der Waals surface area (Å²) in [6.07, 6.45) is -12.4. The highest BCUT2D eigenvalue weighted by Crippen LogP contribution is 2.56. The molecule has 0 bridgehead atoms. The lowest BCUT2D eigenvalue weighted by atomic mass is 9.86. The lowest BCUT2D eigenvalue weighted by Crippen LogP contribution is -2.50. The van der Waals surface area contributed by atoms with E-state index in [-0.39, 0.29) is 20.6 Å². The standard InChI is InChI=1S/C16H9BrClF7/c1-8-6-10(14(19,15(20,21)22)16(23,24)25)13(11(17)7-8)9-4-2-3-5-12(9)18/h2-7H,1H3. The van der Waals surface area contributed by atoms with Crippen LogP contribution in [-0.2, 0) is 5.67 Å². The van der Waals surface area contributed by atoms with Crippen LogP contribution in [0.25, 0.3) is 11.1 Å². The van der Waals surface area contributed by atoms with Gasteiger partial charge in [-0.3, -0.25) is 0 Å². The average Bonchev–Trinajstić information content (AvgIpc) is 2.44. The molecular formula is C16H9BrClF7. The van der Waals surface area contributed by atoms with Crippen LogP contribution in [0.3, 0.4) is 0 Å². The van der Waals surface area contributed by atoms with E-state index in [0.29, 0.717) is 6.07 Å². The molecule has 2 rings (SSSR count). The van der Waals surface area contributed by atoms with Crippen molar-refractivity contribution in [3.63, 3.8) is 0 Å². The molecule has 2 aromatic carbocycles. The molecule has 0 aliphatic carbocycles. The second-order valence-corrected chi connectivity index (χ2v) is 6.56. The number of hydrogen-bond acceptors (Lipinski definition) is 0. The van der Waals surface area contributed by atoms with Gasteiger partial charge in [0.25, 0.3) is 0 Å². The quantitative estimate of drug-likeness (QED) is 0.420. The Labute approximate surface area is 151 Å². The van der Waals surface area contributed by atoms with Gasteiger partial charge in [-0.2, -0.15) is 26.3 Å². The zero-order valence-corrected chi connectivity index (χ0v) is 14.7. The number of aryl methyl sites for hydroxylation is 1. The minimum Gasteiger partial charge on any atom is -0.218 e. The highest BCUT2D eigenvalue weighted by Gasteiger charge is 2.74. The normalized spacial score (nSPS) is 13.2. The van der Waals surface area contributed by atoms with Crippen LogP contribution in [0.5, 0.6) is 0 Å². The van der Waals surface area contributed by atoms with Crippen LogP contribution in [0.1, 0.15) is 11.1 Å². The van der Waals surface area contributed by atoms with Crippen molar-refractivity contribution in [2.24, 2.45) is 0 Å². The second-order valence-electron chi connectivity index (χ2n) is 5.30. The summed E-state index contributed by atoms with van der Waals surface area (Å²) < 4.78 is 93.7. The third-order valence-electron chi connectivity index (χ3n) is 3.53. The van der Waals surface area contributed by atoms with Crippen LogP contribution in [-0.4, -0.2) is 12.4 Å². The van der Waals surface area contributed by atoms with Gasteiger partial charge in [0.2, 0.25) is 0 Å². The van der Waals surface area contributed by atoms with Crippen LogP contribution in [0.2, 0.25) is 5.02 Å². The molecule has 0 nitrogen and oxygen atoms in total. The van der Waals surface area contributed by atoms with E-state index in [9.17, 15) is 30.7 Å². The molecule has 0 saturated heterocycles. The van der Waals surface area contributed by atoms with Gasteiger partial charge in [-0.1, -0.05) is 51.8 Å². The zero-order valence-electron chi connectivity index (χ0n) is 12.4. The molecule has 0 N–H and O–H groups in total. The largest absolute Gasteiger partial charge is 0.435 e. The maximum absolute atomic E-state index is 14.7. The maximum Gasteiger partial charge on any atom is 0.435 e. The molecule has 136 valence electrons. The Morgan fingerprint density at radius 2 is 1.40 bits per heavy atom. The first-order chi connectivity index (χ1) is 11.3. The van der Waals surface area contributed by atoms with E-state index in [1.54, 1.807) is 0 Å². The lowest BCUT2D eigenvalue weighted by Gasteiger charge is -2.32. The minimum absolute atomic E-state index is 0.0215. The van der Waals surface area contributed by atoms with Crippen molar-refractivity contribution >= 4 is 27.5 Å². The summed E-state index contributed by atoms with van der Waals surface area (Å²) >= 11 is 8.85. The zero-order chi connectivity index (χ0) is 19.2. The van der Waals surface area contributed by atoms with E-state index in [1.807, 2.05) is 0 Å². The number of alkyl halides is 7. The van der Waals surface area contributed by atoms with Gasteiger partial charge in [-0.15, -0.1) is 0 Å². The Bertz CT molecular complexity index is 782. The van der Waals surface area contributed by atoms with Gasteiger partial charge in [-0.25, -0.2) is 4.39 Å². The predicted octanol–water partition coefficient (Wildman–Crippen LogP) is 7.37. The molecule has 0 aromatic heterocycles. The van der Waals surface area contributed by atoms with Gasteiger partial charge in [0, 0.05) is 26.2 Å². The molecule has 0 aliphatic rings. The summed E-state index contributed by atoms with van der Waals surface area (Å²) in [5.74, 6) is 0. The fourth-order valence-corrected chi connectivity index (χ4v) is 3.44. The van der Waals surface area contributed by atoms with Crippen molar-refractivity contribution in [2.75, 3.05) is 0 Å². The Balaban J connectivity index is 2.97. The lowest BCUT2D eigenvalue weighted by molar-refractivity contribution is -0.348. The Morgan fingerprint density at radius 1 is 0.880 bits per heavy atom. The van der Waals surface area contributed by atoms with Gasteiger partial charge in [-0.05, 0) is 24.6 Å². The first kappa shape index (κ1) is 20.0. The summed E-state index contributed by atoms with van der Waals surface area (Å²) in [5.41, 5.74) is -7.85. The fraction of sp³-hybridized carbons (Fsp3) is 0.250. The second kappa shape index (κ2) is 6.46. The van der Waals surface area contributed by atoms with E-state index in [0.717, 1.165) is 0 Å². The third-order valence-corrected chi connectivity index (χ3v) is 4.49. The van der Waals surface area contributed by atoms with Gasteiger partial charge in [0.15, 0.2) is 0 Å². The molecular weight excluding hydrogens is 441 g/mol. The van der Waals surface area contributed by atoms with E-state index in [4.69, 9.17) is 11.6 Å². The highest BCUT2D eigenvalue weighted by molar-refractivity contribution is 9.10. The maximum atomic E-state index is 14.7. The third kappa shape index (κ3) is 3.38. The minimum atomic E-state index is -6.21. The molecule has 0 atom stereocenters. The Hall–Kier alpha value is -1.28. The first-order valence-electron chi connectivity index (χ1n) is 6.68. The van der Waals surface area contributed by atoms with Crippen molar-refractivity contribution in [3.8, 4) is 11.1 Å². The van der Waals surface area contributed by atoms with E-state index < -0.39 is 29.1 Å². The molecule has 0 heterocycles. The summed E-state index contributed by atoms with van der Waals surface area (Å²) in [6.45, 7) is 1.26. The van der Waals surface area contributed by atoms with Crippen LogP contribution < -0.4 is 0 Å². The Kier molecular flexibility index (Phi) is 5.18. The Morgan fingerprint density at radius 3 is 1.88 bits per heavy atom. The molecule has 0 aliphatic heterocycles. The van der Waals surface area contributed by atoms with Crippen molar-refractivity contribution in [1.82, 2.24) is 0 Å². The summed E-state index contributed by atoms with van der Waals surface area (Å²) in [7, 11) is 0. The number of rotatable bonds is 2. The topological polar surface area (TPSA) is 0 Å². The van der Waals surface area contributed by atoms with Crippen molar-refractivity contribution in [3.05, 3.63) is 57.0 Å². The van der Waals surface area contributed by atoms with Crippen LogP contribution in [0.4, 0.5) is 30.7 Å². The number of halogens is 9. The molecule has 0 unspecified atom stereocenters. The molecule has 0 fully saturated rings. The van der Waals surface area contributed by atoms with E-state index in [2.05, 4.69) is 15.9 Å². The van der Waals surface area contributed by atoms with Crippen molar-refractivity contribution < 1.29 is 30.7 Å².